The summed E-state index contributed by atoms with van der Waals surface area (Å²) in [6.45, 7) is 5.05. The van der Waals surface area contributed by atoms with Gasteiger partial charge in [0.25, 0.3) is 0 Å². The van der Waals surface area contributed by atoms with E-state index in [-0.39, 0.29) is 0 Å². The highest BCUT2D eigenvalue weighted by Gasteiger charge is 2.27. The van der Waals surface area contributed by atoms with Crippen LogP contribution in [0.5, 0.6) is 0 Å². The molecule has 0 aliphatic carbocycles. The van der Waals surface area contributed by atoms with Crippen LogP contribution in [0.25, 0.3) is 10.9 Å². The van der Waals surface area contributed by atoms with Gasteiger partial charge >= 0.3 is 0 Å². The molecule has 0 atom stereocenters. The van der Waals surface area contributed by atoms with E-state index in [4.69, 9.17) is 12.2 Å². The summed E-state index contributed by atoms with van der Waals surface area (Å²) in [6, 6.07) is 19.3. The molecule has 116 valence electrons. The summed E-state index contributed by atoms with van der Waals surface area (Å²) >= 11 is 5.88. The molecule has 0 N–H and O–H groups in total. The smallest absolute Gasteiger partial charge is 0.126 e. The summed E-state index contributed by atoms with van der Waals surface area (Å²) in [5.41, 5.74) is 5.31. The van der Waals surface area contributed by atoms with Gasteiger partial charge in [-0.05, 0) is 30.5 Å². The normalized spacial score (nSPS) is 14.3. The monoisotopic (exact) mass is 320 g/mol. The molecule has 0 fully saturated rings. The highest BCUT2D eigenvalue weighted by Crippen LogP contribution is 2.31. The molecular weight excluding hydrogens is 300 g/mol. The Kier molecular flexibility index (Phi) is 3.66. The van der Waals surface area contributed by atoms with E-state index < -0.39 is 0 Å². The molecule has 3 heteroatoms. The first-order valence-electron chi connectivity index (χ1n) is 8.23. The Morgan fingerprint density at radius 3 is 2.52 bits per heavy atom. The molecule has 3 aromatic rings. The quantitative estimate of drug-likeness (QED) is 0.661. The lowest BCUT2D eigenvalue weighted by atomic mass is 10.0. The Balaban J connectivity index is 1.76. The van der Waals surface area contributed by atoms with Crippen LogP contribution in [0.3, 0.4) is 0 Å². The number of nitrogens with zero attached hydrogens (tertiary/aromatic N) is 2. The molecule has 0 amide bonds. The van der Waals surface area contributed by atoms with Crippen molar-refractivity contribution in [1.82, 2.24) is 9.47 Å². The van der Waals surface area contributed by atoms with Gasteiger partial charge in [0.05, 0.1) is 5.69 Å². The molecule has 1 aliphatic rings. The molecule has 0 bridgehead atoms. The Hall–Kier alpha value is -2.13. The Labute approximate surface area is 142 Å². The number of rotatable bonds is 3. The van der Waals surface area contributed by atoms with Crippen molar-refractivity contribution < 1.29 is 0 Å². The van der Waals surface area contributed by atoms with Crippen molar-refractivity contribution in [2.75, 3.05) is 6.54 Å². The van der Waals surface area contributed by atoms with Crippen LogP contribution in [0.2, 0.25) is 0 Å². The zero-order chi connectivity index (χ0) is 15.8. The lowest BCUT2D eigenvalue weighted by Gasteiger charge is -2.31. The summed E-state index contributed by atoms with van der Waals surface area (Å²) in [5, 5.41) is 1.37. The van der Waals surface area contributed by atoms with Gasteiger partial charge in [0, 0.05) is 30.5 Å². The van der Waals surface area contributed by atoms with Crippen LogP contribution < -0.4 is 0 Å². The van der Waals surface area contributed by atoms with Crippen LogP contribution in [0.1, 0.15) is 23.7 Å². The largest absolute Gasteiger partial charge is 0.356 e. The highest BCUT2D eigenvalue weighted by atomic mass is 32.1. The molecule has 2 aromatic carbocycles. The van der Waals surface area contributed by atoms with Crippen molar-refractivity contribution in [1.29, 1.82) is 0 Å². The van der Waals surface area contributed by atoms with E-state index in [9.17, 15) is 0 Å². The van der Waals surface area contributed by atoms with Gasteiger partial charge in [-0.25, -0.2) is 0 Å². The van der Waals surface area contributed by atoms with Gasteiger partial charge in [-0.1, -0.05) is 60.7 Å². The third kappa shape index (κ3) is 2.36. The molecule has 1 aliphatic heterocycles. The van der Waals surface area contributed by atoms with Crippen molar-refractivity contribution in [3.05, 3.63) is 71.4 Å². The second-order valence-corrected chi connectivity index (χ2v) is 6.44. The minimum Gasteiger partial charge on any atom is -0.356 e. The van der Waals surface area contributed by atoms with E-state index in [1.165, 1.54) is 27.7 Å². The van der Waals surface area contributed by atoms with Gasteiger partial charge < -0.3 is 9.47 Å². The Morgan fingerprint density at radius 2 is 1.74 bits per heavy atom. The van der Waals surface area contributed by atoms with Gasteiger partial charge in [-0.15, -0.1) is 0 Å². The Morgan fingerprint density at radius 1 is 1.00 bits per heavy atom. The summed E-state index contributed by atoms with van der Waals surface area (Å²) in [6.07, 6.45) is 1.07. The van der Waals surface area contributed by atoms with E-state index in [1.54, 1.807) is 0 Å². The van der Waals surface area contributed by atoms with Crippen LogP contribution in [0.4, 0.5) is 0 Å². The van der Waals surface area contributed by atoms with Crippen molar-refractivity contribution in [2.24, 2.45) is 0 Å². The summed E-state index contributed by atoms with van der Waals surface area (Å²) in [7, 11) is 0. The summed E-state index contributed by atoms with van der Waals surface area (Å²) < 4.78 is 2.38. The van der Waals surface area contributed by atoms with Gasteiger partial charge in [-0.2, -0.15) is 0 Å². The summed E-state index contributed by atoms with van der Waals surface area (Å²) in [5.74, 6) is 0. The van der Waals surface area contributed by atoms with Crippen LogP contribution in [0.15, 0.2) is 54.6 Å². The number of thiocarbonyl (C=S) groups is 1. The van der Waals surface area contributed by atoms with E-state index in [1.807, 2.05) is 0 Å². The average Bonchev–Trinajstić information content (AvgIpc) is 2.93. The minimum atomic E-state index is 0.893. The molecule has 0 radical (unpaired) electrons. The van der Waals surface area contributed by atoms with Gasteiger partial charge in [0.1, 0.15) is 4.99 Å². The molecule has 2 nitrogen and oxygen atoms in total. The standard InChI is InChI=1S/C20H20N2S/c1-2-22-18-11-7-6-10-16(18)17-12-13-21(20(23)19(17)22)14-15-8-4-3-5-9-15/h3-11H,2,12-14H2,1H3. The zero-order valence-corrected chi connectivity index (χ0v) is 14.1. The fourth-order valence-corrected chi connectivity index (χ4v) is 4.04. The topological polar surface area (TPSA) is 8.17 Å². The van der Waals surface area contributed by atoms with Crippen LogP contribution in [-0.2, 0) is 19.5 Å². The first kappa shape index (κ1) is 14.5. The first-order chi connectivity index (χ1) is 11.3. The SMILES string of the molecule is CCn1c2c(c3ccccc31)CCN(Cc1ccccc1)C2=S. The molecule has 23 heavy (non-hydrogen) atoms. The zero-order valence-electron chi connectivity index (χ0n) is 13.3. The maximum atomic E-state index is 5.88. The van der Waals surface area contributed by atoms with E-state index in [0.29, 0.717) is 0 Å². The van der Waals surface area contributed by atoms with Crippen molar-refractivity contribution >= 4 is 28.1 Å². The van der Waals surface area contributed by atoms with E-state index in [0.717, 1.165) is 31.0 Å². The predicted molar refractivity (Wildman–Crippen MR) is 99.9 cm³/mol. The number of para-hydroxylation sites is 1. The molecule has 0 unspecified atom stereocenters. The number of aryl methyl sites for hydroxylation is 1. The number of fused-ring (bicyclic) bond motifs is 3. The third-order valence-electron chi connectivity index (χ3n) is 4.73. The number of benzene rings is 2. The lowest BCUT2D eigenvalue weighted by molar-refractivity contribution is 0.412. The van der Waals surface area contributed by atoms with Crippen molar-refractivity contribution in [2.45, 2.75) is 26.4 Å². The highest BCUT2D eigenvalue weighted by molar-refractivity contribution is 7.80. The molecular formula is C20H20N2S. The fourth-order valence-electron chi connectivity index (χ4n) is 3.65. The minimum absolute atomic E-state index is 0.893. The van der Waals surface area contributed by atoms with E-state index >= 15 is 0 Å². The van der Waals surface area contributed by atoms with Crippen molar-refractivity contribution in [3.8, 4) is 0 Å². The van der Waals surface area contributed by atoms with Gasteiger partial charge in [0.15, 0.2) is 0 Å². The molecule has 0 saturated heterocycles. The Bertz CT molecular complexity index is 831. The molecule has 4 rings (SSSR count). The van der Waals surface area contributed by atoms with Gasteiger partial charge in [0.2, 0.25) is 0 Å². The molecule has 0 saturated carbocycles. The second kappa shape index (κ2) is 5.82. The predicted octanol–water partition coefficient (Wildman–Crippen LogP) is 4.40. The van der Waals surface area contributed by atoms with Crippen LogP contribution in [0, 0.1) is 0 Å². The maximum absolute atomic E-state index is 5.88. The van der Waals surface area contributed by atoms with Crippen LogP contribution >= 0.6 is 12.2 Å². The molecule has 2 heterocycles. The molecule has 0 spiro atoms. The maximum Gasteiger partial charge on any atom is 0.126 e. The third-order valence-corrected chi connectivity index (χ3v) is 5.18. The average molecular weight is 320 g/mol. The van der Waals surface area contributed by atoms with Crippen LogP contribution in [-0.4, -0.2) is 21.0 Å². The number of hydrogen-bond donors (Lipinski definition) is 0. The molecule has 1 aromatic heterocycles. The fraction of sp³-hybridized carbons (Fsp3) is 0.250. The summed E-state index contributed by atoms with van der Waals surface area (Å²) in [4.78, 5) is 3.34. The van der Waals surface area contributed by atoms with Crippen molar-refractivity contribution in [3.63, 3.8) is 0 Å². The lowest BCUT2D eigenvalue weighted by Crippen LogP contribution is -2.37. The number of hydrogen-bond acceptors (Lipinski definition) is 1. The van der Waals surface area contributed by atoms with Gasteiger partial charge in [-0.3, -0.25) is 0 Å². The number of aromatic nitrogens is 1. The second-order valence-electron chi connectivity index (χ2n) is 6.05. The first-order valence-corrected chi connectivity index (χ1v) is 8.63. The van der Waals surface area contributed by atoms with E-state index in [2.05, 4.69) is 71.0 Å².